The average molecular weight is 303 g/mol. The molecular weight excluding hydrogens is 282 g/mol. The van der Waals surface area contributed by atoms with E-state index in [-0.39, 0.29) is 24.9 Å². The number of hydrogen-bond acceptors (Lipinski definition) is 4. The number of aliphatic hydroxyl groups excluding tert-OH is 2. The molecule has 1 aliphatic heterocycles. The number of pyridine rings is 1. The molecule has 1 aliphatic rings. The van der Waals surface area contributed by atoms with Crippen molar-refractivity contribution < 1.29 is 15.0 Å². The first kappa shape index (κ1) is 15.0. The zero-order chi connectivity index (χ0) is 15.7. The molecule has 2 N–H and O–H groups in total. The van der Waals surface area contributed by atoms with Crippen molar-refractivity contribution in [3.63, 3.8) is 0 Å². The minimum absolute atomic E-state index is 0.00801. The van der Waals surface area contributed by atoms with Crippen molar-refractivity contribution >= 4 is 11.6 Å². The van der Waals surface area contributed by atoms with Crippen molar-refractivity contribution in [2.45, 2.75) is 25.9 Å². The summed E-state index contributed by atoms with van der Waals surface area (Å²) in [6.07, 6.45) is 3.92. The zero-order valence-electron chi connectivity index (χ0n) is 12.6. The lowest BCUT2D eigenvalue weighted by molar-refractivity contribution is -0.134. The molecule has 6 heteroatoms. The van der Waals surface area contributed by atoms with Gasteiger partial charge in [0.25, 0.3) is 0 Å². The fraction of sp³-hybridized carbons (Fsp3) is 0.500. The second-order valence-electron chi connectivity index (χ2n) is 5.95. The fourth-order valence-corrected chi connectivity index (χ4v) is 3.03. The summed E-state index contributed by atoms with van der Waals surface area (Å²) in [6.45, 7) is 2.84. The van der Waals surface area contributed by atoms with E-state index in [2.05, 4.69) is 4.98 Å². The van der Waals surface area contributed by atoms with Crippen molar-refractivity contribution in [1.82, 2.24) is 14.3 Å². The van der Waals surface area contributed by atoms with Gasteiger partial charge >= 0.3 is 0 Å². The summed E-state index contributed by atoms with van der Waals surface area (Å²) in [4.78, 5) is 18.6. The molecule has 0 aliphatic carbocycles. The lowest BCUT2D eigenvalue weighted by Gasteiger charge is -2.35. The molecule has 0 unspecified atom stereocenters. The van der Waals surface area contributed by atoms with Crippen LogP contribution in [-0.4, -0.2) is 56.2 Å². The second kappa shape index (κ2) is 6.06. The van der Waals surface area contributed by atoms with E-state index in [1.165, 1.54) is 0 Å². The van der Waals surface area contributed by atoms with Gasteiger partial charge in [-0.15, -0.1) is 0 Å². The maximum absolute atomic E-state index is 12.5. The number of carbonyl (C=O) groups excluding carboxylic acids is 1. The highest BCUT2D eigenvalue weighted by atomic mass is 16.3. The Balaban J connectivity index is 1.75. The zero-order valence-corrected chi connectivity index (χ0v) is 12.6. The molecule has 0 radical (unpaired) electrons. The van der Waals surface area contributed by atoms with Gasteiger partial charge in [-0.05, 0) is 25.0 Å². The number of imidazole rings is 1. The van der Waals surface area contributed by atoms with Gasteiger partial charge in [0.1, 0.15) is 5.65 Å². The minimum Gasteiger partial charge on any atom is -0.396 e. The number of likely N-dealkylation sites (tertiary alicyclic amines) is 1. The van der Waals surface area contributed by atoms with E-state index in [1.807, 2.05) is 29.7 Å². The van der Waals surface area contributed by atoms with E-state index in [0.717, 1.165) is 16.9 Å². The Morgan fingerprint density at radius 3 is 3.09 bits per heavy atom. The van der Waals surface area contributed by atoms with Crippen LogP contribution in [0.15, 0.2) is 24.5 Å². The topological polar surface area (TPSA) is 78.1 Å². The summed E-state index contributed by atoms with van der Waals surface area (Å²) in [7, 11) is 0. The molecule has 0 saturated carbocycles. The summed E-state index contributed by atoms with van der Waals surface area (Å²) in [6, 6.07) is 3.93. The van der Waals surface area contributed by atoms with Gasteiger partial charge in [-0.2, -0.15) is 0 Å². The number of piperidine rings is 1. The molecule has 118 valence electrons. The van der Waals surface area contributed by atoms with Crippen LogP contribution in [0.25, 0.3) is 5.65 Å². The number of fused-ring (bicyclic) bond motifs is 1. The van der Waals surface area contributed by atoms with Gasteiger partial charge in [-0.1, -0.05) is 6.07 Å². The third-order valence-electron chi connectivity index (χ3n) is 4.42. The number of aliphatic hydroxyl groups is 2. The van der Waals surface area contributed by atoms with Gasteiger partial charge in [0, 0.05) is 31.4 Å². The molecule has 2 aromatic rings. The number of aromatic nitrogens is 2. The van der Waals surface area contributed by atoms with Crippen molar-refractivity contribution in [2.75, 3.05) is 19.7 Å². The van der Waals surface area contributed by atoms with Crippen LogP contribution in [0.5, 0.6) is 0 Å². The quantitative estimate of drug-likeness (QED) is 0.860. The monoisotopic (exact) mass is 303 g/mol. The molecule has 2 aromatic heterocycles. The number of rotatable bonds is 3. The summed E-state index contributed by atoms with van der Waals surface area (Å²) in [5, 5.41) is 19.1. The molecule has 3 heterocycles. The molecule has 0 spiro atoms. The Bertz CT molecular complexity index is 682. The van der Waals surface area contributed by atoms with Crippen molar-refractivity contribution in [3.05, 3.63) is 35.8 Å². The van der Waals surface area contributed by atoms with E-state index >= 15 is 0 Å². The number of carbonyl (C=O) groups is 1. The van der Waals surface area contributed by atoms with E-state index < -0.39 is 6.10 Å². The molecule has 0 aromatic carbocycles. The third-order valence-corrected chi connectivity index (χ3v) is 4.42. The molecule has 22 heavy (non-hydrogen) atoms. The highest BCUT2D eigenvalue weighted by molar-refractivity contribution is 5.78. The van der Waals surface area contributed by atoms with Crippen molar-refractivity contribution in [2.24, 2.45) is 5.92 Å². The average Bonchev–Trinajstić information content (AvgIpc) is 2.92. The van der Waals surface area contributed by atoms with Gasteiger partial charge in [-0.3, -0.25) is 4.79 Å². The van der Waals surface area contributed by atoms with Crippen LogP contribution in [0, 0.1) is 12.8 Å². The van der Waals surface area contributed by atoms with Crippen molar-refractivity contribution in [3.8, 4) is 0 Å². The maximum atomic E-state index is 12.5. The standard InChI is InChI=1S/C16H21N3O3/c1-11-3-2-5-19-13(8-17-16(11)19)7-15(22)18-6-4-14(21)12(9-18)10-20/h2-3,5,8,12,14,20-21H,4,6-7,9-10H2,1H3/t12-,14-/m0/s1. The molecule has 1 saturated heterocycles. The molecule has 2 atom stereocenters. The summed E-state index contributed by atoms with van der Waals surface area (Å²) in [5.74, 6) is -0.240. The lowest BCUT2D eigenvalue weighted by Crippen LogP contribution is -2.47. The first-order valence-corrected chi connectivity index (χ1v) is 7.58. The summed E-state index contributed by atoms with van der Waals surface area (Å²) >= 11 is 0. The summed E-state index contributed by atoms with van der Waals surface area (Å²) < 4.78 is 1.94. The van der Waals surface area contributed by atoms with Gasteiger partial charge in [0.15, 0.2) is 0 Å². The highest BCUT2D eigenvalue weighted by Crippen LogP contribution is 2.18. The highest BCUT2D eigenvalue weighted by Gasteiger charge is 2.29. The SMILES string of the molecule is Cc1cccn2c(CC(=O)N3CC[C@H](O)[C@H](CO)C3)cnc12. The van der Waals surface area contributed by atoms with Crippen LogP contribution >= 0.6 is 0 Å². The molecule has 1 fully saturated rings. The predicted molar refractivity (Wildman–Crippen MR) is 81.4 cm³/mol. The molecule has 3 rings (SSSR count). The molecule has 6 nitrogen and oxygen atoms in total. The number of amides is 1. The van der Waals surface area contributed by atoms with Crippen LogP contribution in [0.2, 0.25) is 0 Å². The Hall–Kier alpha value is -1.92. The van der Waals surface area contributed by atoms with Gasteiger partial charge in [-0.25, -0.2) is 4.98 Å². The van der Waals surface area contributed by atoms with Gasteiger partial charge < -0.3 is 19.5 Å². The van der Waals surface area contributed by atoms with Gasteiger partial charge in [0.2, 0.25) is 5.91 Å². The first-order valence-electron chi connectivity index (χ1n) is 7.58. The number of aryl methyl sites for hydroxylation is 1. The van der Waals surface area contributed by atoms with Crippen LogP contribution in [0.4, 0.5) is 0 Å². The Labute approximate surface area is 129 Å². The van der Waals surface area contributed by atoms with E-state index in [4.69, 9.17) is 0 Å². The molecular formula is C16H21N3O3. The summed E-state index contributed by atoms with van der Waals surface area (Å²) in [5.41, 5.74) is 2.80. The van der Waals surface area contributed by atoms with Gasteiger partial charge in [0.05, 0.1) is 24.8 Å². The van der Waals surface area contributed by atoms with E-state index in [9.17, 15) is 15.0 Å². The van der Waals surface area contributed by atoms with E-state index in [0.29, 0.717) is 19.5 Å². The maximum Gasteiger partial charge on any atom is 0.228 e. The third kappa shape index (κ3) is 2.71. The normalized spacial score (nSPS) is 22.2. The first-order chi connectivity index (χ1) is 10.6. The van der Waals surface area contributed by atoms with Crippen LogP contribution in [0.1, 0.15) is 17.7 Å². The second-order valence-corrected chi connectivity index (χ2v) is 5.95. The Kier molecular flexibility index (Phi) is 4.13. The largest absolute Gasteiger partial charge is 0.396 e. The molecule has 0 bridgehead atoms. The van der Waals surface area contributed by atoms with E-state index in [1.54, 1.807) is 11.1 Å². The molecule has 1 amide bonds. The predicted octanol–water partition coefficient (Wildman–Crippen LogP) is 0.387. The smallest absolute Gasteiger partial charge is 0.228 e. The van der Waals surface area contributed by atoms with Crippen LogP contribution in [0.3, 0.4) is 0 Å². The van der Waals surface area contributed by atoms with Crippen LogP contribution < -0.4 is 0 Å². The number of nitrogens with zero attached hydrogens (tertiary/aromatic N) is 3. The number of hydrogen-bond donors (Lipinski definition) is 2. The Morgan fingerprint density at radius 1 is 1.50 bits per heavy atom. The Morgan fingerprint density at radius 2 is 2.32 bits per heavy atom. The minimum atomic E-state index is -0.521. The van der Waals surface area contributed by atoms with Crippen molar-refractivity contribution in [1.29, 1.82) is 0 Å². The lowest BCUT2D eigenvalue weighted by atomic mass is 9.95. The fourth-order valence-electron chi connectivity index (χ4n) is 3.03. The van der Waals surface area contributed by atoms with Crippen LogP contribution in [-0.2, 0) is 11.2 Å².